The molecule has 0 aliphatic carbocycles. The van der Waals surface area contributed by atoms with E-state index in [-0.39, 0.29) is 11.5 Å². The molecule has 0 radical (unpaired) electrons. The van der Waals surface area contributed by atoms with Gasteiger partial charge in [-0.2, -0.15) is 0 Å². The van der Waals surface area contributed by atoms with Crippen molar-refractivity contribution in [3.05, 3.63) is 46.5 Å². The zero-order chi connectivity index (χ0) is 23.6. The number of nitrogens with zero attached hydrogens (tertiary/aromatic N) is 1. The number of carbonyl (C=O) groups is 4. The molecule has 1 aromatic carbocycles. The summed E-state index contributed by atoms with van der Waals surface area (Å²) in [4.78, 5) is 50.9. The Morgan fingerprint density at radius 2 is 1.81 bits per heavy atom. The molecule has 3 rings (SSSR count). The van der Waals surface area contributed by atoms with E-state index < -0.39 is 29.7 Å². The maximum absolute atomic E-state index is 12.8. The number of aryl methyl sites for hydroxylation is 2. The number of hydrogen-bond acceptors (Lipinski definition) is 6. The third-order valence-electron chi connectivity index (χ3n) is 5.15. The van der Waals surface area contributed by atoms with Crippen LogP contribution in [0.3, 0.4) is 0 Å². The largest absolute Gasteiger partial charge is 0.413 e. The number of ketones is 1. The number of urea groups is 1. The minimum atomic E-state index is -1.33. The lowest BCUT2D eigenvalue weighted by molar-refractivity contribution is -0.136. The average Bonchev–Trinajstić information content (AvgIpc) is 3.11. The van der Waals surface area contributed by atoms with Gasteiger partial charge >= 0.3 is 12.0 Å². The lowest BCUT2D eigenvalue weighted by Gasteiger charge is -2.26. The highest BCUT2D eigenvalue weighted by molar-refractivity contribution is 7.13. The Balaban J connectivity index is 1.95. The number of nitrogens with one attached hydrogen (secondary N) is 2. The molecule has 1 unspecified atom stereocenters. The Kier molecular flexibility index (Phi) is 6.78. The van der Waals surface area contributed by atoms with Gasteiger partial charge in [0.05, 0.1) is 0 Å². The number of likely N-dealkylation sites (N-methyl/N-ethyl adjacent to an activating group) is 1. The second-order valence-electron chi connectivity index (χ2n) is 7.56. The van der Waals surface area contributed by atoms with Crippen LogP contribution in [-0.4, -0.2) is 41.7 Å². The van der Waals surface area contributed by atoms with Crippen molar-refractivity contribution >= 4 is 40.7 Å². The van der Waals surface area contributed by atoms with E-state index in [4.69, 9.17) is 4.74 Å². The first kappa shape index (κ1) is 23.2. The predicted octanol–water partition coefficient (Wildman–Crippen LogP) is 3.78. The van der Waals surface area contributed by atoms with E-state index in [0.717, 1.165) is 16.7 Å². The van der Waals surface area contributed by atoms with Gasteiger partial charge in [0.15, 0.2) is 11.8 Å². The zero-order valence-electron chi connectivity index (χ0n) is 18.6. The predicted molar refractivity (Wildman–Crippen MR) is 123 cm³/mol. The van der Waals surface area contributed by atoms with E-state index in [1.807, 2.05) is 32.0 Å². The molecule has 1 atom stereocenters. The number of rotatable bonds is 5. The number of anilines is 1. The van der Waals surface area contributed by atoms with Crippen LogP contribution >= 0.6 is 11.3 Å². The lowest BCUT2D eigenvalue weighted by atomic mass is 9.97. The van der Waals surface area contributed by atoms with Crippen molar-refractivity contribution in [3.8, 4) is 16.2 Å². The summed E-state index contributed by atoms with van der Waals surface area (Å²) in [6, 6.07) is 3.76. The third-order valence-corrected chi connectivity index (χ3v) is 6.00. The van der Waals surface area contributed by atoms with Crippen LogP contribution in [0.5, 0.6) is 5.06 Å². The molecule has 0 fully saturated rings. The Labute approximate surface area is 190 Å². The molecule has 1 aromatic heterocycles. The smallest absolute Gasteiger partial charge is 0.320 e. The highest BCUT2D eigenvalue weighted by Gasteiger charge is 2.35. The van der Waals surface area contributed by atoms with Crippen LogP contribution in [-0.2, 0) is 14.4 Å². The molecule has 2 N–H and O–H groups in total. The summed E-state index contributed by atoms with van der Waals surface area (Å²) in [6.07, 6.45) is 1.60. The second kappa shape index (κ2) is 9.35. The van der Waals surface area contributed by atoms with Gasteiger partial charge in [0.2, 0.25) is 5.06 Å². The van der Waals surface area contributed by atoms with Crippen molar-refractivity contribution in [1.29, 1.82) is 0 Å². The van der Waals surface area contributed by atoms with Crippen LogP contribution in [0.1, 0.15) is 31.4 Å². The Morgan fingerprint density at radius 1 is 1.16 bits per heavy atom. The average molecular weight is 456 g/mol. The van der Waals surface area contributed by atoms with Crippen LogP contribution in [0.2, 0.25) is 0 Å². The number of amides is 3. The highest BCUT2D eigenvalue weighted by atomic mass is 32.1. The van der Waals surface area contributed by atoms with Crippen LogP contribution in [0.4, 0.5) is 10.5 Å². The maximum atomic E-state index is 12.8. The molecule has 2 aromatic rings. The number of ether oxygens (including phenoxy) is 1. The van der Waals surface area contributed by atoms with Crippen molar-refractivity contribution in [2.75, 3.05) is 12.4 Å². The van der Waals surface area contributed by atoms with E-state index in [9.17, 15) is 19.2 Å². The van der Waals surface area contributed by atoms with Gasteiger partial charge in [0, 0.05) is 36.2 Å². The van der Waals surface area contributed by atoms with Crippen molar-refractivity contribution in [2.24, 2.45) is 0 Å². The van der Waals surface area contributed by atoms with E-state index in [1.165, 1.54) is 29.5 Å². The second-order valence-corrected chi connectivity index (χ2v) is 8.41. The van der Waals surface area contributed by atoms with E-state index in [2.05, 4.69) is 10.6 Å². The van der Waals surface area contributed by atoms with Crippen LogP contribution in [0.25, 0.3) is 11.1 Å². The molecule has 168 valence electrons. The van der Waals surface area contributed by atoms with Crippen molar-refractivity contribution in [1.82, 2.24) is 10.2 Å². The van der Waals surface area contributed by atoms with Gasteiger partial charge < -0.3 is 20.3 Å². The molecule has 0 saturated carbocycles. The van der Waals surface area contributed by atoms with Crippen LogP contribution in [0.15, 0.2) is 35.4 Å². The lowest BCUT2D eigenvalue weighted by Crippen LogP contribution is -2.54. The molecule has 0 saturated heterocycles. The molecular weight excluding hydrogens is 430 g/mol. The summed E-state index contributed by atoms with van der Waals surface area (Å²) >= 11 is 1.19. The van der Waals surface area contributed by atoms with Crippen LogP contribution in [0, 0.1) is 13.8 Å². The fourth-order valence-electron chi connectivity index (χ4n) is 3.50. The van der Waals surface area contributed by atoms with Crippen LogP contribution < -0.4 is 15.4 Å². The highest BCUT2D eigenvalue weighted by Crippen LogP contribution is 2.44. The van der Waals surface area contributed by atoms with E-state index in [0.29, 0.717) is 16.8 Å². The molecule has 0 spiro atoms. The monoisotopic (exact) mass is 455 g/mol. The maximum Gasteiger partial charge on any atom is 0.320 e. The number of Topliss-reactive ketones (excluding diaryl/α,β-unsaturated/α-hetero) is 1. The normalized spacial score (nSPS) is 16.0. The summed E-state index contributed by atoms with van der Waals surface area (Å²) in [5.41, 5.74) is 4.24. The quantitative estimate of drug-likeness (QED) is 0.527. The SMILES string of the molecule is CCC(=O)Oc1scc(-c2c(C)cccc2C)c1NC(=O)NC1C(=O)C(C)=CN(C)C1=O. The first-order valence-corrected chi connectivity index (χ1v) is 11.0. The fourth-order valence-corrected chi connectivity index (χ4v) is 4.38. The molecule has 1 aliphatic rings. The van der Waals surface area contributed by atoms with Gasteiger partial charge in [0.1, 0.15) is 5.69 Å². The molecule has 8 nitrogen and oxygen atoms in total. The van der Waals surface area contributed by atoms with Gasteiger partial charge in [-0.1, -0.05) is 25.1 Å². The van der Waals surface area contributed by atoms with Crippen molar-refractivity contribution in [2.45, 2.75) is 40.2 Å². The summed E-state index contributed by atoms with van der Waals surface area (Å²) < 4.78 is 5.43. The summed E-state index contributed by atoms with van der Waals surface area (Å²) in [6.45, 7) is 7.16. The standard InChI is InChI=1S/C23H25N3O5S/c1-6-16(27)31-22-18(15(11-32-22)17-12(2)8-7-9-13(17)3)24-23(30)25-19-20(28)14(4)10-26(5)21(19)29/h7-11,19H,6H2,1-5H3,(H2,24,25,30). The van der Waals surface area contributed by atoms with E-state index >= 15 is 0 Å². The first-order valence-electron chi connectivity index (χ1n) is 10.1. The summed E-state index contributed by atoms with van der Waals surface area (Å²) in [7, 11) is 1.52. The van der Waals surface area contributed by atoms with Gasteiger partial charge in [0.25, 0.3) is 5.91 Å². The minimum absolute atomic E-state index is 0.172. The van der Waals surface area contributed by atoms with E-state index in [1.54, 1.807) is 19.2 Å². The number of carbonyl (C=O) groups excluding carboxylic acids is 4. The first-order chi connectivity index (χ1) is 15.1. The molecule has 1 aliphatic heterocycles. The number of esters is 1. The third kappa shape index (κ3) is 4.57. The minimum Gasteiger partial charge on any atom is -0.413 e. The zero-order valence-corrected chi connectivity index (χ0v) is 19.4. The number of thiophene rings is 1. The molecule has 0 bridgehead atoms. The Hall–Kier alpha value is -3.46. The molecule has 9 heteroatoms. The van der Waals surface area contributed by atoms with Gasteiger partial charge in [-0.05, 0) is 37.5 Å². The van der Waals surface area contributed by atoms with Gasteiger partial charge in [-0.15, -0.1) is 11.3 Å². The number of hydrogen-bond donors (Lipinski definition) is 2. The van der Waals surface area contributed by atoms with Crippen molar-refractivity contribution in [3.63, 3.8) is 0 Å². The molecule has 2 heterocycles. The molecular formula is C23H25N3O5S. The Morgan fingerprint density at radius 3 is 2.44 bits per heavy atom. The molecule has 3 amide bonds. The summed E-state index contributed by atoms with van der Waals surface area (Å²) in [5.74, 6) is -1.45. The van der Waals surface area contributed by atoms with Gasteiger partial charge in [-0.25, -0.2) is 4.79 Å². The topological polar surface area (TPSA) is 105 Å². The summed E-state index contributed by atoms with van der Waals surface area (Å²) in [5, 5.41) is 7.19. The molecule has 32 heavy (non-hydrogen) atoms. The van der Waals surface area contributed by atoms with Crippen molar-refractivity contribution < 1.29 is 23.9 Å². The fraction of sp³-hybridized carbons (Fsp3) is 0.304. The van der Waals surface area contributed by atoms with Gasteiger partial charge in [-0.3, -0.25) is 14.4 Å². The Bertz CT molecular complexity index is 1110. The number of benzene rings is 1.